The van der Waals surface area contributed by atoms with Gasteiger partial charge >= 0.3 is 0 Å². The Morgan fingerprint density at radius 3 is 2.65 bits per heavy atom. The number of benzene rings is 1. The molecule has 0 spiro atoms. The molecule has 2 atom stereocenters. The SMILES string of the molecule is CC(C)(C)c1ccc(C(O)CNC(=O)CC2COCCN2)cc1. The molecule has 1 aliphatic rings. The predicted octanol–water partition coefficient (Wildman–Crippen LogP) is 1.51. The molecule has 5 nitrogen and oxygen atoms in total. The van der Waals surface area contributed by atoms with Gasteiger partial charge in [-0.3, -0.25) is 4.79 Å². The fourth-order valence-electron chi connectivity index (χ4n) is 2.58. The van der Waals surface area contributed by atoms with Gasteiger partial charge < -0.3 is 20.5 Å². The van der Waals surface area contributed by atoms with Crippen LogP contribution in [0.5, 0.6) is 0 Å². The third kappa shape index (κ3) is 5.61. The molecule has 1 aliphatic heterocycles. The van der Waals surface area contributed by atoms with Crippen LogP contribution in [0.4, 0.5) is 0 Å². The van der Waals surface area contributed by atoms with Crippen molar-refractivity contribution in [2.45, 2.75) is 44.8 Å². The predicted molar refractivity (Wildman–Crippen MR) is 90.3 cm³/mol. The Kier molecular flexibility index (Phi) is 6.16. The monoisotopic (exact) mass is 320 g/mol. The van der Waals surface area contributed by atoms with Crippen molar-refractivity contribution in [3.05, 3.63) is 35.4 Å². The molecule has 23 heavy (non-hydrogen) atoms. The highest BCUT2D eigenvalue weighted by atomic mass is 16.5. The third-order valence-corrected chi connectivity index (χ3v) is 4.08. The Bertz CT molecular complexity index is 502. The number of carbonyl (C=O) groups is 1. The lowest BCUT2D eigenvalue weighted by Crippen LogP contribution is -2.44. The molecule has 0 radical (unpaired) electrons. The van der Waals surface area contributed by atoms with Crippen molar-refractivity contribution >= 4 is 5.91 Å². The average Bonchev–Trinajstić information content (AvgIpc) is 2.53. The molecule has 1 amide bonds. The number of hydrogen-bond donors (Lipinski definition) is 3. The molecule has 2 unspecified atom stereocenters. The van der Waals surface area contributed by atoms with Crippen molar-refractivity contribution in [2.75, 3.05) is 26.3 Å². The summed E-state index contributed by atoms with van der Waals surface area (Å²) in [6.45, 7) is 8.72. The second kappa shape index (κ2) is 7.90. The molecule has 2 rings (SSSR count). The quantitative estimate of drug-likeness (QED) is 0.769. The summed E-state index contributed by atoms with van der Waals surface area (Å²) in [5.41, 5.74) is 2.13. The largest absolute Gasteiger partial charge is 0.387 e. The van der Waals surface area contributed by atoms with E-state index < -0.39 is 6.10 Å². The molecule has 5 heteroatoms. The third-order valence-electron chi connectivity index (χ3n) is 4.08. The van der Waals surface area contributed by atoms with Crippen LogP contribution in [0, 0.1) is 0 Å². The molecule has 0 aliphatic carbocycles. The van der Waals surface area contributed by atoms with Crippen LogP contribution in [-0.2, 0) is 14.9 Å². The highest BCUT2D eigenvalue weighted by Crippen LogP contribution is 2.23. The van der Waals surface area contributed by atoms with Crippen LogP contribution in [0.1, 0.15) is 44.4 Å². The Morgan fingerprint density at radius 2 is 2.09 bits per heavy atom. The number of carbonyl (C=O) groups excluding carboxylic acids is 1. The minimum Gasteiger partial charge on any atom is -0.387 e. The number of morpholine rings is 1. The smallest absolute Gasteiger partial charge is 0.221 e. The van der Waals surface area contributed by atoms with Gasteiger partial charge in [0.15, 0.2) is 0 Å². The average molecular weight is 320 g/mol. The van der Waals surface area contributed by atoms with E-state index >= 15 is 0 Å². The first-order valence-electron chi connectivity index (χ1n) is 8.22. The number of aliphatic hydroxyl groups excluding tert-OH is 1. The summed E-state index contributed by atoms with van der Waals surface area (Å²) in [5.74, 6) is -0.0710. The topological polar surface area (TPSA) is 70.6 Å². The van der Waals surface area contributed by atoms with E-state index in [0.29, 0.717) is 19.6 Å². The maximum atomic E-state index is 11.9. The molecule has 1 fully saturated rings. The first kappa shape index (κ1) is 17.9. The number of hydrogen-bond acceptors (Lipinski definition) is 4. The van der Waals surface area contributed by atoms with Crippen molar-refractivity contribution in [1.82, 2.24) is 10.6 Å². The van der Waals surface area contributed by atoms with Gasteiger partial charge in [0.1, 0.15) is 0 Å². The molecule has 0 bridgehead atoms. The van der Waals surface area contributed by atoms with Crippen LogP contribution in [0.15, 0.2) is 24.3 Å². The van der Waals surface area contributed by atoms with Crippen molar-refractivity contribution in [3.63, 3.8) is 0 Å². The number of ether oxygens (including phenoxy) is 1. The van der Waals surface area contributed by atoms with Gasteiger partial charge in [0.2, 0.25) is 5.91 Å². The number of amides is 1. The molecule has 1 aromatic rings. The zero-order valence-corrected chi connectivity index (χ0v) is 14.3. The lowest BCUT2D eigenvalue weighted by atomic mass is 9.86. The molecule has 1 heterocycles. The lowest BCUT2D eigenvalue weighted by molar-refractivity contribution is -0.122. The van der Waals surface area contributed by atoms with E-state index in [4.69, 9.17) is 4.74 Å². The molecular weight excluding hydrogens is 292 g/mol. The summed E-state index contributed by atoms with van der Waals surface area (Å²) < 4.78 is 5.32. The number of aliphatic hydroxyl groups is 1. The molecule has 0 aromatic heterocycles. The van der Waals surface area contributed by atoms with Crippen molar-refractivity contribution in [2.24, 2.45) is 0 Å². The zero-order valence-electron chi connectivity index (χ0n) is 14.3. The van der Waals surface area contributed by atoms with E-state index in [1.807, 2.05) is 24.3 Å². The van der Waals surface area contributed by atoms with Gasteiger partial charge in [-0.25, -0.2) is 0 Å². The van der Waals surface area contributed by atoms with Gasteiger partial charge in [-0.15, -0.1) is 0 Å². The summed E-state index contributed by atoms with van der Waals surface area (Å²) in [6.07, 6.45) is -0.320. The van der Waals surface area contributed by atoms with Gasteiger partial charge in [-0.2, -0.15) is 0 Å². The normalized spacial score (nSPS) is 20.1. The van der Waals surface area contributed by atoms with E-state index in [0.717, 1.165) is 12.1 Å². The van der Waals surface area contributed by atoms with Crippen LogP contribution in [-0.4, -0.2) is 43.4 Å². The Hall–Kier alpha value is -1.43. The van der Waals surface area contributed by atoms with Crippen LogP contribution in [0.2, 0.25) is 0 Å². The number of nitrogens with one attached hydrogen (secondary N) is 2. The van der Waals surface area contributed by atoms with Gasteiger partial charge in [-0.05, 0) is 16.5 Å². The van der Waals surface area contributed by atoms with Crippen molar-refractivity contribution in [3.8, 4) is 0 Å². The molecule has 3 N–H and O–H groups in total. The van der Waals surface area contributed by atoms with E-state index in [1.165, 1.54) is 5.56 Å². The summed E-state index contributed by atoms with van der Waals surface area (Å²) in [7, 11) is 0. The van der Waals surface area contributed by atoms with Gasteiger partial charge in [0, 0.05) is 25.6 Å². The summed E-state index contributed by atoms with van der Waals surface area (Å²) in [5, 5.41) is 16.2. The van der Waals surface area contributed by atoms with Crippen LogP contribution >= 0.6 is 0 Å². The van der Waals surface area contributed by atoms with E-state index in [-0.39, 0.29) is 23.9 Å². The van der Waals surface area contributed by atoms with Gasteiger partial charge in [0.05, 0.1) is 19.3 Å². The Balaban J connectivity index is 1.79. The van der Waals surface area contributed by atoms with E-state index in [9.17, 15) is 9.90 Å². The standard InChI is InChI=1S/C18H28N2O3/c1-18(2,3)14-6-4-13(5-7-14)16(21)11-20-17(22)10-15-12-23-9-8-19-15/h4-7,15-16,19,21H,8-12H2,1-3H3,(H,20,22). The minimum atomic E-state index is -0.691. The van der Waals surface area contributed by atoms with Crippen LogP contribution in [0.3, 0.4) is 0 Å². The molecule has 1 saturated heterocycles. The number of rotatable bonds is 5. The summed E-state index contributed by atoms with van der Waals surface area (Å²) in [6, 6.07) is 7.97. The second-order valence-corrected chi connectivity index (χ2v) is 7.12. The molecule has 128 valence electrons. The Labute approximate surface area is 138 Å². The first-order valence-corrected chi connectivity index (χ1v) is 8.22. The summed E-state index contributed by atoms with van der Waals surface area (Å²) >= 11 is 0. The maximum absolute atomic E-state index is 11.9. The fourth-order valence-corrected chi connectivity index (χ4v) is 2.58. The summed E-state index contributed by atoms with van der Waals surface area (Å²) in [4.78, 5) is 11.9. The molecule has 1 aromatic carbocycles. The highest BCUT2D eigenvalue weighted by molar-refractivity contribution is 5.76. The van der Waals surface area contributed by atoms with Gasteiger partial charge in [-0.1, -0.05) is 45.0 Å². The second-order valence-electron chi connectivity index (χ2n) is 7.12. The lowest BCUT2D eigenvalue weighted by Gasteiger charge is -2.23. The Morgan fingerprint density at radius 1 is 1.39 bits per heavy atom. The van der Waals surface area contributed by atoms with Crippen LogP contribution in [0.25, 0.3) is 0 Å². The minimum absolute atomic E-state index is 0.0620. The molecular formula is C18H28N2O3. The maximum Gasteiger partial charge on any atom is 0.221 e. The zero-order chi connectivity index (χ0) is 16.9. The van der Waals surface area contributed by atoms with E-state index in [1.54, 1.807) is 0 Å². The van der Waals surface area contributed by atoms with Gasteiger partial charge in [0.25, 0.3) is 0 Å². The van der Waals surface area contributed by atoms with Crippen LogP contribution < -0.4 is 10.6 Å². The molecule has 0 saturated carbocycles. The first-order chi connectivity index (χ1) is 10.9. The van der Waals surface area contributed by atoms with E-state index in [2.05, 4.69) is 31.4 Å². The van der Waals surface area contributed by atoms with Crippen molar-refractivity contribution in [1.29, 1.82) is 0 Å². The fraction of sp³-hybridized carbons (Fsp3) is 0.611. The highest BCUT2D eigenvalue weighted by Gasteiger charge is 2.18. The van der Waals surface area contributed by atoms with Crippen molar-refractivity contribution < 1.29 is 14.6 Å².